The summed E-state index contributed by atoms with van der Waals surface area (Å²) in [5, 5.41) is 9.46. The lowest BCUT2D eigenvalue weighted by Gasteiger charge is -2.44. The Morgan fingerprint density at radius 1 is 1.43 bits per heavy atom. The highest BCUT2D eigenvalue weighted by Gasteiger charge is 2.44. The van der Waals surface area contributed by atoms with Gasteiger partial charge in [-0.2, -0.15) is 0 Å². The third-order valence-electron chi connectivity index (χ3n) is 3.93. The van der Waals surface area contributed by atoms with E-state index in [1.807, 2.05) is 13.8 Å². The first-order chi connectivity index (χ1) is 9.74. The van der Waals surface area contributed by atoms with Crippen LogP contribution in [0.4, 0.5) is 4.39 Å². The van der Waals surface area contributed by atoms with Gasteiger partial charge in [-0.05, 0) is 36.5 Å². The molecule has 1 aromatic rings. The number of aliphatic carboxylic acids is 1. The smallest absolute Gasteiger partial charge is 0.326 e. The molecule has 2 rings (SSSR count). The molecule has 1 aliphatic heterocycles. The Labute approximate surface area is 127 Å². The van der Waals surface area contributed by atoms with Gasteiger partial charge in [0.2, 0.25) is 0 Å². The van der Waals surface area contributed by atoms with E-state index < -0.39 is 29.2 Å². The molecular weight excluding hydrogens is 297 g/mol. The van der Waals surface area contributed by atoms with Crippen molar-refractivity contribution in [3.8, 4) is 0 Å². The van der Waals surface area contributed by atoms with Crippen LogP contribution >= 0.6 is 11.6 Å². The van der Waals surface area contributed by atoms with E-state index in [-0.39, 0.29) is 10.6 Å². The van der Waals surface area contributed by atoms with Gasteiger partial charge >= 0.3 is 5.97 Å². The summed E-state index contributed by atoms with van der Waals surface area (Å²) >= 11 is 5.91. The Hall–Kier alpha value is -1.62. The third-order valence-corrected chi connectivity index (χ3v) is 4.24. The standard InChI is InChI=1S/C15H17ClFNO3/c1-15(2)6-3-7-18(12(15)14(20)21)13(19)10-5-4-9(17)8-11(10)16/h4-5,8,12H,3,6-7H2,1-2H3,(H,20,21). The molecule has 0 bridgehead atoms. The first kappa shape index (κ1) is 15.8. The maximum atomic E-state index is 13.1. The van der Waals surface area contributed by atoms with Crippen LogP contribution in [0, 0.1) is 11.2 Å². The van der Waals surface area contributed by atoms with Crippen LogP contribution in [-0.4, -0.2) is 34.5 Å². The largest absolute Gasteiger partial charge is 0.480 e. The third kappa shape index (κ3) is 3.02. The molecule has 114 valence electrons. The molecule has 6 heteroatoms. The van der Waals surface area contributed by atoms with Crippen LogP contribution in [0.1, 0.15) is 37.0 Å². The maximum absolute atomic E-state index is 13.1. The lowest BCUT2D eigenvalue weighted by Crippen LogP contribution is -2.56. The first-order valence-electron chi connectivity index (χ1n) is 6.73. The normalized spacial score (nSPS) is 21.1. The van der Waals surface area contributed by atoms with Crippen LogP contribution in [0.2, 0.25) is 5.02 Å². The molecule has 1 aliphatic rings. The van der Waals surface area contributed by atoms with Crippen LogP contribution in [0.25, 0.3) is 0 Å². The van der Waals surface area contributed by atoms with Crippen LogP contribution in [-0.2, 0) is 4.79 Å². The number of carbonyl (C=O) groups is 2. The number of likely N-dealkylation sites (tertiary alicyclic amines) is 1. The van der Waals surface area contributed by atoms with E-state index in [1.54, 1.807) is 0 Å². The minimum absolute atomic E-state index is 0.00693. The van der Waals surface area contributed by atoms with Crippen LogP contribution < -0.4 is 0 Å². The van der Waals surface area contributed by atoms with Gasteiger partial charge in [0.25, 0.3) is 5.91 Å². The Kier molecular flexibility index (Phi) is 4.23. The SMILES string of the molecule is CC1(C)CCCN(C(=O)c2ccc(F)cc2Cl)C1C(=O)O. The fourth-order valence-corrected chi connectivity index (χ4v) is 3.14. The van der Waals surface area contributed by atoms with Crippen molar-refractivity contribution in [3.05, 3.63) is 34.6 Å². The highest BCUT2D eigenvalue weighted by atomic mass is 35.5. The van der Waals surface area contributed by atoms with E-state index in [0.29, 0.717) is 6.54 Å². The Morgan fingerprint density at radius 2 is 2.10 bits per heavy atom. The highest BCUT2D eigenvalue weighted by Crippen LogP contribution is 2.36. The van der Waals surface area contributed by atoms with Gasteiger partial charge in [0, 0.05) is 6.54 Å². The topological polar surface area (TPSA) is 57.6 Å². The van der Waals surface area contributed by atoms with Crippen molar-refractivity contribution in [1.82, 2.24) is 4.90 Å². The zero-order valence-corrected chi connectivity index (χ0v) is 12.7. The number of halogens is 2. The van der Waals surface area contributed by atoms with Gasteiger partial charge in [-0.3, -0.25) is 4.79 Å². The molecule has 1 aromatic carbocycles. The van der Waals surface area contributed by atoms with Crippen LogP contribution in [0.15, 0.2) is 18.2 Å². The number of nitrogens with zero attached hydrogens (tertiary/aromatic N) is 1. The quantitative estimate of drug-likeness (QED) is 0.912. The Bertz CT molecular complexity index is 588. The molecule has 1 heterocycles. The second kappa shape index (κ2) is 5.64. The van der Waals surface area contributed by atoms with Crippen molar-refractivity contribution in [2.45, 2.75) is 32.7 Å². The average molecular weight is 314 g/mol. The zero-order valence-electron chi connectivity index (χ0n) is 11.9. The fourth-order valence-electron chi connectivity index (χ4n) is 2.90. The average Bonchev–Trinajstić information content (AvgIpc) is 2.36. The molecule has 0 radical (unpaired) electrons. The number of carboxylic acid groups (broad SMARTS) is 1. The monoisotopic (exact) mass is 313 g/mol. The van der Waals surface area contributed by atoms with Gasteiger partial charge in [0.05, 0.1) is 10.6 Å². The van der Waals surface area contributed by atoms with Gasteiger partial charge in [-0.15, -0.1) is 0 Å². The van der Waals surface area contributed by atoms with Gasteiger partial charge in [0.1, 0.15) is 11.9 Å². The second-order valence-corrected chi connectivity index (χ2v) is 6.36. The molecule has 0 aromatic heterocycles. The second-order valence-electron chi connectivity index (χ2n) is 5.96. The van der Waals surface area contributed by atoms with Gasteiger partial charge in [-0.25, -0.2) is 9.18 Å². The van der Waals surface area contributed by atoms with Gasteiger partial charge in [-0.1, -0.05) is 25.4 Å². The molecule has 1 N–H and O–H groups in total. The van der Waals surface area contributed by atoms with E-state index >= 15 is 0 Å². The number of piperidine rings is 1. The molecule has 0 spiro atoms. The Balaban J connectivity index is 2.38. The van der Waals surface area contributed by atoms with E-state index in [1.165, 1.54) is 11.0 Å². The summed E-state index contributed by atoms with van der Waals surface area (Å²) in [5.74, 6) is -2.04. The summed E-state index contributed by atoms with van der Waals surface area (Å²) in [6, 6.07) is 2.57. The molecule has 0 saturated carbocycles. The number of carboxylic acids is 1. The molecule has 1 fully saturated rings. The molecule has 1 amide bonds. The molecule has 4 nitrogen and oxygen atoms in total. The lowest BCUT2D eigenvalue weighted by molar-refractivity contribution is -0.148. The lowest BCUT2D eigenvalue weighted by atomic mass is 9.76. The summed E-state index contributed by atoms with van der Waals surface area (Å²) in [7, 11) is 0. The van der Waals surface area contributed by atoms with Crippen molar-refractivity contribution in [3.63, 3.8) is 0 Å². The molecule has 0 aliphatic carbocycles. The number of hydrogen-bond acceptors (Lipinski definition) is 2. The number of carbonyl (C=O) groups excluding carboxylic acids is 1. The zero-order chi connectivity index (χ0) is 15.8. The van der Waals surface area contributed by atoms with E-state index in [4.69, 9.17) is 11.6 Å². The van der Waals surface area contributed by atoms with Gasteiger partial charge in [0.15, 0.2) is 0 Å². The number of hydrogen-bond donors (Lipinski definition) is 1. The maximum Gasteiger partial charge on any atom is 0.326 e. The highest BCUT2D eigenvalue weighted by molar-refractivity contribution is 6.33. The van der Waals surface area contributed by atoms with Crippen molar-refractivity contribution in [2.24, 2.45) is 5.41 Å². The predicted molar refractivity (Wildman–Crippen MR) is 76.9 cm³/mol. The minimum atomic E-state index is -1.04. The predicted octanol–water partition coefficient (Wildman–Crippen LogP) is 3.19. The van der Waals surface area contributed by atoms with E-state index in [9.17, 15) is 19.1 Å². The summed E-state index contributed by atoms with van der Waals surface area (Å²) in [6.45, 7) is 4.02. The molecule has 1 atom stereocenters. The van der Waals surface area contributed by atoms with Crippen molar-refractivity contribution in [2.75, 3.05) is 6.54 Å². The number of amides is 1. The first-order valence-corrected chi connectivity index (χ1v) is 7.10. The summed E-state index contributed by atoms with van der Waals surface area (Å²) in [4.78, 5) is 25.5. The van der Waals surface area contributed by atoms with Gasteiger partial charge < -0.3 is 10.0 Å². The van der Waals surface area contributed by atoms with Crippen LogP contribution in [0.3, 0.4) is 0 Å². The summed E-state index contributed by atoms with van der Waals surface area (Å²) in [5.41, 5.74) is -0.395. The summed E-state index contributed by atoms with van der Waals surface area (Å²) in [6.07, 6.45) is 1.45. The Morgan fingerprint density at radius 3 is 2.67 bits per heavy atom. The van der Waals surface area contributed by atoms with E-state index in [0.717, 1.165) is 25.0 Å². The minimum Gasteiger partial charge on any atom is -0.480 e. The van der Waals surface area contributed by atoms with Crippen LogP contribution in [0.5, 0.6) is 0 Å². The summed E-state index contributed by atoms with van der Waals surface area (Å²) < 4.78 is 13.1. The number of benzene rings is 1. The van der Waals surface area contributed by atoms with Crippen molar-refractivity contribution >= 4 is 23.5 Å². The van der Waals surface area contributed by atoms with Crippen molar-refractivity contribution in [1.29, 1.82) is 0 Å². The molecular formula is C15H17ClFNO3. The van der Waals surface area contributed by atoms with E-state index in [2.05, 4.69) is 0 Å². The van der Waals surface area contributed by atoms with Crippen molar-refractivity contribution < 1.29 is 19.1 Å². The molecule has 1 unspecified atom stereocenters. The fraction of sp³-hybridized carbons (Fsp3) is 0.467. The number of rotatable bonds is 2. The molecule has 21 heavy (non-hydrogen) atoms. The molecule has 1 saturated heterocycles.